The van der Waals surface area contributed by atoms with Crippen molar-refractivity contribution in [3.05, 3.63) is 64.6 Å². The second-order valence-corrected chi connectivity index (χ2v) is 10.9. The molecule has 0 radical (unpaired) electrons. The quantitative estimate of drug-likeness (QED) is 0.333. The molecular formula is C28H33F5N4O. The van der Waals surface area contributed by atoms with Crippen LogP contribution in [-0.4, -0.2) is 77.1 Å². The lowest BCUT2D eigenvalue weighted by Crippen LogP contribution is -2.54. The molecule has 5 nitrogen and oxygen atoms in total. The normalized spacial score (nSPS) is 22.3. The number of nitrogens with zero attached hydrogens (tertiary/aromatic N) is 2. The van der Waals surface area contributed by atoms with Crippen molar-refractivity contribution < 1.29 is 27.1 Å². The first-order valence-electron chi connectivity index (χ1n) is 13.0. The number of aromatic amines is 1. The van der Waals surface area contributed by atoms with E-state index in [1.165, 1.54) is 25.1 Å². The van der Waals surface area contributed by atoms with E-state index in [0.717, 1.165) is 0 Å². The van der Waals surface area contributed by atoms with Gasteiger partial charge in [0.25, 0.3) is 0 Å². The van der Waals surface area contributed by atoms with E-state index in [-0.39, 0.29) is 30.5 Å². The monoisotopic (exact) mass is 536 g/mol. The molecule has 0 saturated carbocycles. The highest BCUT2D eigenvalue weighted by Gasteiger charge is 2.42. The van der Waals surface area contributed by atoms with Gasteiger partial charge in [-0.2, -0.15) is 0 Å². The topological polar surface area (TPSA) is 54.5 Å². The Kier molecular flexibility index (Phi) is 7.41. The third-order valence-corrected chi connectivity index (χ3v) is 7.71. The van der Waals surface area contributed by atoms with Crippen molar-refractivity contribution in [1.82, 2.24) is 14.8 Å². The van der Waals surface area contributed by atoms with Gasteiger partial charge in [-0.3, -0.25) is 14.2 Å². The minimum absolute atomic E-state index is 0.00875. The Hall–Kier alpha value is -2.69. The number of nitrogens with one attached hydrogen (secondary N) is 2. The lowest BCUT2D eigenvalue weighted by Gasteiger charge is -2.43. The Morgan fingerprint density at radius 1 is 1.13 bits per heavy atom. The van der Waals surface area contributed by atoms with Gasteiger partial charge in [-0.15, -0.1) is 0 Å². The fourth-order valence-corrected chi connectivity index (χ4v) is 5.85. The zero-order chi connectivity index (χ0) is 27.2. The number of fused-ring (bicyclic) bond motifs is 3. The van der Waals surface area contributed by atoms with Crippen LogP contribution < -0.4 is 5.32 Å². The second-order valence-electron chi connectivity index (χ2n) is 10.9. The summed E-state index contributed by atoms with van der Waals surface area (Å²) in [6.07, 6.45) is 0.798. The van der Waals surface area contributed by atoms with Crippen LogP contribution in [-0.2, 0) is 6.42 Å². The zero-order valence-corrected chi connectivity index (χ0v) is 21.5. The van der Waals surface area contributed by atoms with Crippen molar-refractivity contribution in [2.75, 3.05) is 44.8 Å². The largest absolute Gasteiger partial charge is 0.393 e. The van der Waals surface area contributed by atoms with Crippen molar-refractivity contribution >= 4 is 16.6 Å². The summed E-state index contributed by atoms with van der Waals surface area (Å²) >= 11 is 0. The molecule has 0 bridgehead atoms. The van der Waals surface area contributed by atoms with Gasteiger partial charge in [0.2, 0.25) is 0 Å². The maximum absolute atomic E-state index is 15.8. The van der Waals surface area contributed by atoms with Gasteiger partial charge in [0.15, 0.2) is 0 Å². The zero-order valence-electron chi connectivity index (χ0n) is 21.5. The number of hydrogen-bond acceptors (Lipinski definition) is 4. The number of H-pyrrole nitrogens is 1. The number of rotatable bonds is 9. The van der Waals surface area contributed by atoms with E-state index in [1.807, 2.05) is 0 Å². The van der Waals surface area contributed by atoms with Crippen LogP contribution in [0.3, 0.4) is 0 Å². The summed E-state index contributed by atoms with van der Waals surface area (Å²) in [5, 5.41) is 13.1. The number of aliphatic hydroxyl groups excluding tert-OH is 1. The van der Waals surface area contributed by atoms with E-state index >= 15 is 13.2 Å². The molecule has 3 heterocycles. The molecule has 3 aromatic rings. The molecular weight excluding hydrogens is 503 g/mol. The molecule has 206 valence electrons. The van der Waals surface area contributed by atoms with Crippen molar-refractivity contribution in [3.63, 3.8) is 0 Å². The lowest BCUT2D eigenvalue weighted by molar-refractivity contribution is 0.0162. The number of aliphatic hydroxyl groups is 1. The molecule has 0 amide bonds. The molecule has 5 rings (SSSR count). The fraction of sp³-hybridized carbons (Fsp3) is 0.500. The van der Waals surface area contributed by atoms with Gasteiger partial charge in [0, 0.05) is 60.1 Å². The first kappa shape index (κ1) is 26.9. The molecule has 2 aliphatic heterocycles. The molecule has 1 fully saturated rings. The Balaban J connectivity index is 1.52. The van der Waals surface area contributed by atoms with Crippen LogP contribution in [0.2, 0.25) is 0 Å². The van der Waals surface area contributed by atoms with E-state index in [1.54, 1.807) is 24.0 Å². The van der Waals surface area contributed by atoms with Crippen LogP contribution in [0.1, 0.15) is 43.1 Å². The number of halogens is 5. The summed E-state index contributed by atoms with van der Waals surface area (Å²) in [5.74, 6) is -2.05. The minimum atomic E-state index is -2.02. The molecule has 38 heavy (non-hydrogen) atoms. The van der Waals surface area contributed by atoms with E-state index in [9.17, 15) is 13.9 Å². The second kappa shape index (κ2) is 10.5. The predicted molar refractivity (Wildman–Crippen MR) is 137 cm³/mol. The number of likely N-dealkylation sites (tertiary alicyclic amines) is 1. The highest BCUT2D eigenvalue weighted by Crippen LogP contribution is 2.44. The highest BCUT2D eigenvalue weighted by atomic mass is 19.2. The predicted octanol–water partition coefficient (Wildman–Crippen LogP) is 5.10. The highest BCUT2D eigenvalue weighted by molar-refractivity contribution is 5.86. The molecule has 0 spiro atoms. The SMILES string of the molecule is CC1Cc2c([nH]c3cccc(F)c23)C(c2c(F)cc(NC3CN(CCCF)C3)cc2F)N1CC(C)(F)CO. The lowest BCUT2D eigenvalue weighted by atomic mass is 9.87. The molecule has 1 aromatic heterocycles. The average molecular weight is 537 g/mol. The van der Waals surface area contributed by atoms with Crippen LogP contribution in [0.15, 0.2) is 30.3 Å². The van der Waals surface area contributed by atoms with Crippen molar-refractivity contribution in [1.29, 1.82) is 0 Å². The van der Waals surface area contributed by atoms with E-state index in [4.69, 9.17) is 0 Å². The van der Waals surface area contributed by atoms with Crippen LogP contribution in [0.5, 0.6) is 0 Å². The van der Waals surface area contributed by atoms with Crippen LogP contribution in [0.25, 0.3) is 10.9 Å². The number of anilines is 1. The molecule has 3 unspecified atom stereocenters. The smallest absolute Gasteiger partial charge is 0.143 e. The summed E-state index contributed by atoms with van der Waals surface area (Å²) in [6.45, 7) is 3.58. The molecule has 3 N–H and O–H groups in total. The number of hydrogen-bond donors (Lipinski definition) is 3. The summed E-state index contributed by atoms with van der Waals surface area (Å²) < 4.78 is 73.9. The third kappa shape index (κ3) is 5.01. The molecule has 3 atom stereocenters. The van der Waals surface area contributed by atoms with Crippen LogP contribution >= 0.6 is 0 Å². The fourth-order valence-electron chi connectivity index (χ4n) is 5.85. The van der Waals surface area contributed by atoms with Crippen molar-refractivity contribution in [2.24, 2.45) is 0 Å². The number of benzene rings is 2. The Bertz CT molecular complexity index is 1280. The molecule has 2 aliphatic rings. The van der Waals surface area contributed by atoms with Gasteiger partial charge >= 0.3 is 0 Å². The summed E-state index contributed by atoms with van der Waals surface area (Å²) in [6, 6.07) is 5.59. The standard InChI is InChI=1S/C28H33F5N4O/c1-16-9-19-24-20(30)5-3-6-23(24)35-26(19)27(37(16)14-28(2,33)15-38)25-21(31)10-17(11-22(25)32)34-18-12-36(13-18)8-4-7-29/h3,5-6,10-11,16,18,27,34-35,38H,4,7-9,12-15H2,1-2H3. The number of aromatic nitrogens is 1. The van der Waals surface area contributed by atoms with Crippen molar-refractivity contribution in [2.45, 2.75) is 50.5 Å². The molecule has 0 aliphatic carbocycles. The Labute approximate surface area is 218 Å². The van der Waals surface area contributed by atoms with Crippen LogP contribution in [0.4, 0.5) is 27.6 Å². The first-order chi connectivity index (χ1) is 18.1. The maximum Gasteiger partial charge on any atom is 0.143 e. The summed E-state index contributed by atoms with van der Waals surface area (Å²) in [5.41, 5.74) is -0.475. The molecule has 1 saturated heterocycles. The van der Waals surface area contributed by atoms with Gasteiger partial charge < -0.3 is 15.4 Å². The van der Waals surface area contributed by atoms with Gasteiger partial charge in [-0.1, -0.05) is 6.07 Å². The first-order valence-corrected chi connectivity index (χ1v) is 13.0. The van der Waals surface area contributed by atoms with E-state index < -0.39 is 41.8 Å². The molecule has 10 heteroatoms. The minimum Gasteiger partial charge on any atom is -0.393 e. The van der Waals surface area contributed by atoms with E-state index in [2.05, 4.69) is 15.2 Å². The summed E-state index contributed by atoms with van der Waals surface area (Å²) in [7, 11) is 0. The van der Waals surface area contributed by atoms with Gasteiger partial charge in [0.1, 0.15) is 23.1 Å². The summed E-state index contributed by atoms with van der Waals surface area (Å²) in [4.78, 5) is 6.85. The Morgan fingerprint density at radius 3 is 2.50 bits per heavy atom. The Morgan fingerprint density at radius 2 is 1.84 bits per heavy atom. The van der Waals surface area contributed by atoms with Crippen molar-refractivity contribution in [3.8, 4) is 0 Å². The number of alkyl halides is 2. The van der Waals surface area contributed by atoms with Gasteiger partial charge in [-0.05, 0) is 56.5 Å². The third-order valence-electron chi connectivity index (χ3n) is 7.71. The van der Waals surface area contributed by atoms with Crippen LogP contribution in [0, 0.1) is 17.5 Å². The maximum atomic E-state index is 15.8. The molecule has 2 aromatic carbocycles. The van der Waals surface area contributed by atoms with E-state index in [0.29, 0.717) is 54.6 Å². The average Bonchev–Trinajstić information content (AvgIpc) is 3.21. The van der Waals surface area contributed by atoms with Gasteiger partial charge in [-0.25, -0.2) is 17.6 Å². The van der Waals surface area contributed by atoms with Gasteiger partial charge in [0.05, 0.1) is 25.4 Å².